The molecule has 18 heavy (non-hydrogen) atoms. The van der Waals surface area contributed by atoms with E-state index in [1.165, 1.54) is 0 Å². The quantitative estimate of drug-likeness (QED) is 0.876. The first-order valence-corrected chi connectivity index (χ1v) is 7.12. The van der Waals surface area contributed by atoms with Crippen molar-refractivity contribution in [1.29, 1.82) is 0 Å². The lowest BCUT2D eigenvalue weighted by molar-refractivity contribution is 0.647. The third-order valence-corrected chi connectivity index (χ3v) is 4.49. The van der Waals surface area contributed by atoms with Crippen molar-refractivity contribution in [3.63, 3.8) is 0 Å². The number of nitrogens with one attached hydrogen (secondary N) is 1. The summed E-state index contributed by atoms with van der Waals surface area (Å²) in [5.41, 5.74) is 1.47. The number of thiocarbonyl (C=S) groups is 1. The molecule has 0 atom stereocenters. The highest BCUT2D eigenvalue weighted by molar-refractivity contribution is 8.22. The largest absolute Gasteiger partial charge is 0.364 e. The molecule has 1 N–H and O–H groups in total. The molecule has 0 radical (unpaired) electrons. The highest BCUT2D eigenvalue weighted by Gasteiger charge is 2.04. The number of thioether (sulfide) groups is 1. The first-order chi connectivity index (χ1) is 8.59. The van der Waals surface area contributed by atoms with Gasteiger partial charge in [-0.2, -0.15) is 0 Å². The lowest BCUT2D eigenvalue weighted by Gasteiger charge is -2.13. The van der Waals surface area contributed by atoms with Gasteiger partial charge in [-0.05, 0) is 0 Å². The monoisotopic (exact) mass is 299 g/mol. The Balaban J connectivity index is 2.06. The van der Waals surface area contributed by atoms with Gasteiger partial charge < -0.3 is 14.5 Å². The molecule has 2 aromatic heterocycles. The molecule has 5 nitrogen and oxygen atoms in total. The molecule has 96 valence electrons. The number of nitrogens with zero attached hydrogens (tertiary/aromatic N) is 4. The molecule has 0 aliphatic heterocycles. The van der Waals surface area contributed by atoms with Crippen LogP contribution in [0.2, 0.25) is 0 Å². The summed E-state index contributed by atoms with van der Waals surface area (Å²) in [5, 5.41) is 0. The van der Waals surface area contributed by atoms with E-state index in [1.54, 1.807) is 24.4 Å². The van der Waals surface area contributed by atoms with Gasteiger partial charge in [-0.25, -0.2) is 9.97 Å². The first kappa shape index (κ1) is 13.4. The number of rotatable bonds is 3. The second-order valence-electron chi connectivity index (χ2n) is 3.85. The maximum absolute atomic E-state index is 5.38. The van der Waals surface area contributed by atoms with Crippen molar-refractivity contribution >= 4 is 51.7 Å². The predicted molar refractivity (Wildman–Crippen MR) is 81.5 cm³/mol. The maximum Gasteiger partial charge on any atom is 0.181 e. The minimum atomic E-state index is 0.660. The fraction of sp³-hybridized carbons (Fsp3) is 0.400. The number of hydrogen-bond donors (Lipinski definition) is 1. The molecule has 0 amide bonds. The topological polar surface area (TPSA) is 49.7 Å². The summed E-state index contributed by atoms with van der Waals surface area (Å²) in [5.74, 6) is 0.868. The van der Waals surface area contributed by atoms with E-state index in [0.29, 0.717) is 5.65 Å². The minimum Gasteiger partial charge on any atom is -0.364 e. The van der Waals surface area contributed by atoms with E-state index in [4.69, 9.17) is 24.4 Å². The van der Waals surface area contributed by atoms with Crippen LogP contribution < -0.4 is 0 Å². The van der Waals surface area contributed by atoms with Crippen molar-refractivity contribution in [2.45, 2.75) is 6.54 Å². The molecule has 0 saturated heterocycles. The van der Waals surface area contributed by atoms with E-state index in [2.05, 4.69) is 15.0 Å². The highest BCUT2D eigenvalue weighted by Crippen LogP contribution is 2.10. The number of aromatic nitrogens is 4. The molecule has 0 aromatic carbocycles. The fourth-order valence-electron chi connectivity index (χ4n) is 1.38. The molecule has 0 unspecified atom stereocenters. The molecule has 0 spiro atoms. The Morgan fingerprint density at radius 1 is 1.50 bits per heavy atom. The Labute approximate surface area is 120 Å². The van der Waals surface area contributed by atoms with Gasteiger partial charge in [-0.1, -0.05) is 36.2 Å². The second-order valence-corrected chi connectivity index (χ2v) is 5.97. The third-order valence-electron chi connectivity index (χ3n) is 2.34. The van der Waals surface area contributed by atoms with Crippen molar-refractivity contribution in [3.8, 4) is 0 Å². The molecule has 2 heterocycles. The van der Waals surface area contributed by atoms with E-state index < -0.39 is 0 Å². The van der Waals surface area contributed by atoms with Crippen molar-refractivity contribution in [2.24, 2.45) is 0 Å². The van der Waals surface area contributed by atoms with Gasteiger partial charge in [0.2, 0.25) is 0 Å². The van der Waals surface area contributed by atoms with Crippen molar-refractivity contribution < 1.29 is 0 Å². The van der Waals surface area contributed by atoms with Crippen LogP contribution in [0.4, 0.5) is 0 Å². The lowest BCUT2D eigenvalue weighted by Crippen LogP contribution is -2.17. The molecule has 2 aromatic rings. The van der Waals surface area contributed by atoms with Crippen LogP contribution in [0.1, 0.15) is 0 Å². The number of imidazole rings is 1. The molecule has 0 aliphatic rings. The van der Waals surface area contributed by atoms with Crippen LogP contribution in [0.3, 0.4) is 0 Å². The average Bonchev–Trinajstić information content (AvgIpc) is 2.80. The summed E-state index contributed by atoms with van der Waals surface area (Å²) in [4.78, 5) is 13.2. The van der Waals surface area contributed by atoms with E-state index in [-0.39, 0.29) is 0 Å². The Morgan fingerprint density at radius 2 is 2.28 bits per heavy atom. The molecular formula is C10H13N5S3. The van der Waals surface area contributed by atoms with Gasteiger partial charge in [-0.3, -0.25) is 0 Å². The van der Waals surface area contributed by atoms with Gasteiger partial charge >= 0.3 is 0 Å². The molecule has 0 aliphatic carbocycles. The van der Waals surface area contributed by atoms with E-state index in [9.17, 15) is 0 Å². The number of aryl methyl sites for hydroxylation is 1. The van der Waals surface area contributed by atoms with E-state index in [1.807, 2.05) is 23.6 Å². The van der Waals surface area contributed by atoms with Gasteiger partial charge in [0.05, 0.1) is 12.7 Å². The van der Waals surface area contributed by atoms with Gasteiger partial charge in [0.15, 0.2) is 5.65 Å². The smallest absolute Gasteiger partial charge is 0.181 e. The van der Waals surface area contributed by atoms with Crippen molar-refractivity contribution in [3.05, 3.63) is 17.3 Å². The first-order valence-electron chi connectivity index (χ1n) is 5.32. The summed E-state index contributed by atoms with van der Waals surface area (Å²) in [6.07, 6.45) is 3.33. The molecule has 2 rings (SSSR count). The molecule has 8 heteroatoms. The Morgan fingerprint density at radius 3 is 3.00 bits per heavy atom. The average molecular weight is 299 g/mol. The van der Waals surface area contributed by atoms with Crippen LogP contribution in [0.15, 0.2) is 12.7 Å². The number of H-pyrrole nitrogens is 1. The molecule has 0 saturated carbocycles. The molecular weight excluding hydrogens is 286 g/mol. The lowest BCUT2D eigenvalue weighted by atomic mass is 10.5. The Kier molecular flexibility index (Phi) is 4.31. The third kappa shape index (κ3) is 2.88. The fourth-order valence-corrected chi connectivity index (χ4v) is 2.64. The van der Waals surface area contributed by atoms with Crippen molar-refractivity contribution in [2.75, 3.05) is 19.8 Å². The van der Waals surface area contributed by atoms with Crippen LogP contribution in [0, 0.1) is 4.64 Å². The molecule has 0 bridgehead atoms. The highest BCUT2D eigenvalue weighted by atomic mass is 32.2. The second kappa shape index (κ2) is 5.77. The zero-order valence-electron chi connectivity index (χ0n) is 10.1. The number of hydrogen-bond acceptors (Lipinski definition) is 5. The van der Waals surface area contributed by atoms with E-state index in [0.717, 1.165) is 26.8 Å². The maximum atomic E-state index is 5.38. The Bertz CT molecular complexity index is 615. The van der Waals surface area contributed by atoms with Crippen LogP contribution >= 0.6 is 36.2 Å². The zero-order valence-corrected chi connectivity index (χ0v) is 12.5. The standard InChI is InChI=1S/C10H13N5S3/c1-14(2)10(17)18-4-3-15-6-13-8-7(9(15)16)11-5-12-8/h5-6H,3-4H2,1-2H3,(H,11,12). The minimum absolute atomic E-state index is 0.660. The van der Waals surface area contributed by atoms with Crippen LogP contribution in [0.25, 0.3) is 11.2 Å². The van der Waals surface area contributed by atoms with E-state index >= 15 is 0 Å². The van der Waals surface area contributed by atoms with Crippen LogP contribution in [0.5, 0.6) is 0 Å². The summed E-state index contributed by atoms with van der Waals surface area (Å²) in [7, 11) is 3.89. The normalized spacial score (nSPS) is 10.8. The van der Waals surface area contributed by atoms with Gasteiger partial charge in [0.1, 0.15) is 14.5 Å². The molecule has 0 fully saturated rings. The van der Waals surface area contributed by atoms with Gasteiger partial charge in [-0.15, -0.1) is 0 Å². The van der Waals surface area contributed by atoms with Gasteiger partial charge in [0.25, 0.3) is 0 Å². The summed E-state index contributed by atoms with van der Waals surface area (Å²) in [6.45, 7) is 0.777. The predicted octanol–water partition coefficient (Wildman–Crippen LogP) is 2.07. The van der Waals surface area contributed by atoms with Crippen LogP contribution in [-0.4, -0.2) is 48.6 Å². The number of aromatic amines is 1. The van der Waals surface area contributed by atoms with Crippen molar-refractivity contribution in [1.82, 2.24) is 24.4 Å². The van der Waals surface area contributed by atoms with Crippen LogP contribution in [-0.2, 0) is 6.54 Å². The zero-order chi connectivity index (χ0) is 13.1. The SMILES string of the molecule is CN(C)C(=S)SCCn1cnc2nc[nH]c2c1=S. The number of fused-ring (bicyclic) bond motifs is 1. The Hall–Kier alpha value is -0.990. The van der Waals surface area contributed by atoms with Gasteiger partial charge in [0, 0.05) is 26.4 Å². The summed E-state index contributed by atoms with van der Waals surface area (Å²) < 4.78 is 3.53. The summed E-state index contributed by atoms with van der Waals surface area (Å²) in [6, 6.07) is 0. The summed E-state index contributed by atoms with van der Waals surface area (Å²) >= 11 is 12.2.